The maximum absolute atomic E-state index is 13.1. The fourth-order valence-electron chi connectivity index (χ4n) is 3.28. The van der Waals surface area contributed by atoms with Gasteiger partial charge in [0.05, 0.1) is 13.2 Å². The van der Waals surface area contributed by atoms with E-state index in [0.29, 0.717) is 31.9 Å². The molecule has 4 rings (SSSR count). The molecule has 5 heteroatoms. The van der Waals surface area contributed by atoms with Crippen LogP contribution in [0.5, 0.6) is 5.75 Å². The van der Waals surface area contributed by atoms with Crippen molar-refractivity contribution in [3.8, 4) is 5.75 Å². The van der Waals surface area contributed by atoms with Crippen molar-refractivity contribution in [2.24, 2.45) is 0 Å². The minimum atomic E-state index is -0.352. The number of rotatable bonds is 4. The summed E-state index contributed by atoms with van der Waals surface area (Å²) in [5.74, 6) is 0.335. The summed E-state index contributed by atoms with van der Waals surface area (Å²) in [6.07, 6.45) is -0.206. The Kier molecular flexibility index (Phi) is 5.03. The number of morpholine rings is 1. The highest BCUT2D eigenvalue weighted by Gasteiger charge is 2.25. The van der Waals surface area contributed by atoms with E-state index >= 15 is 0 Å². The number of benzene rings is 3. The Morgan fingerprint density at radius 3 is 2.70 bits per heavy atom. The van der Waals surface area contributed by atoms with Crippen LogP contribution >= 0.6 is 0 Å². The highest BCUT2D eigenvalue weighted by molar-refractivity contribution is 5.94. The molecule has 138 valence electrons. The lowest BCUT2D eigenvalue weighted by molar-refractivity contribution is -0.0399. The van der Waals surface area contributed by atoms with E-state index in [1.807, 2.05) is 42.5 Å². The molecule has 0 N–H and O–H groups in total. The number of carbonyl (C=O) groups is 1. The number of hydrogen-bond donors (Lipinski definition) is 0. The van der Waals surface area contributed by atoms with Crippen LogP contribution in [-0.4, -0.2) is 43.2 Å². The second-order valence-corrected chi connectivity index (χ2v) is 6.54. The van der Waals surface area contributed by atoms with Gasteiger partial charge in [-0.15, -0.1) is 0 Å². The molecule has 3 aromatic carbocycles. The minimum absolute atomic E-state index is 0.117. The van der Waals surface area contributed by atoms with E-state index in [4.69, 9.17) is 9.47 Å². The zero-order valence-corrected chi connectivity index (χ0v) is 14.8. The van der Waals surface area contributed by atoms with Crippen LogP contribution in [-0.2, 0) is 4.74 Å². The summed E-state index contributed by atoms with van der Waals surface area (Å²) >= 11 is 0. The Bertz CT molecular complexity index is 936. The topological polar surface area (TPSA) is 38.8 Å². The van der Waals surface area contributed by atoms with Gasteiger partial charge in [0.1, 0.15) is 24.3 Å². The van der Waals surface area contributed by atoms with Crippen LogP contribution in [0.15, 0.2) is 66.7 Å². The van der Waals surface area contributed by atoms with Crippen LogP contribution in [0.4, 0.5) is 4.39 Å². The van der Waals surface area contributed by atoms with Crippen molar-refractivity contribution in [1.82, 2.24) is 4.90 Å². The van der Waals surface area contributed by atoms with Crippen molar-refractivity contribution in [3.63, 3.8) is 0 Å². The van der Waals surface area contributed by atoms with Gasteiger partial charge in [-0.05, 0) is 35.7 Å². The fraction of sp³-hybridized carbons (Fsp3) is 0.227. The molecule has 0 saturated carbocycles. The number of amides is 1. The first-order valence-corrected chi connectivity index (χ1v) is 8.98. The molecule has 1 atom stereocenters. The predicted molar refractivity (Wildman–Crippen MR) is 101 cm³/mol. The molecule has 3 aromatic rings. The zero-order chi connectivity index (χ0) is 18.6. The second-order valence-electron chi connectivity index (χ2n) is 6.54. The van der Waals surface area contributed by atoms with Crippen molar-refractivity contribution in [1.29, 1.82) is 0 Å². The average molecular weight is 365 g/mol. The normalized spacial score (nSPS) is 17.1. The number of carbonyl (C=O) groups excluding carboxylic acids is 1. The average Bonchev–Trinajstić information content (AvgIpc) is 2.72. The molecule has 4 nitrogen and oxygen atoms in total. The molecule has 0 radical (unpaired) electrons. The Morgan fingerprint density at radius 1 is 1.07 bits per heavy atom. The quantitative estimate of drug-likeness (QED) is 0.704. The van der Waals surface area contributed by atoms with Crippen LogP contribution in [0.1, 0.15) is 10.4 Å². The van der Waals surface area contributed by atoms with Gasteiger partial charge >= 0.3 is 0 Å². The number of hydrogen-bond acceptors (Lipinski definition) is 3. The Morgan fingerprint density at radius 2 is 1.85 bits per heavy atom. The van der Waals surface area contributed by atoms with Crippen LogP contribution in [0.3, 0.4) is 0 Å². The summed E-state index contributed by atoms with van der Waals surface area (Å²) in [5.41, 5.74) is 0.479. The molecule has 1 amide bonds. The summed E-state index contributed by atoms with van der Waals surface area (Å²) < 4.78 is 24.8. The van der Waals surface area contributed by atoms with Gasteiger partial charge in [-0.3, -0.25) is 4.79 Å². The van der Waals surface area contributed by atoms with E-state index in [1.165, 1.54) is 24.3 Å². The Labute approximate surface area is 157 Å². The molecule has 1 saturated heterocycles. The van der Waals surface area contributed by atoms with E-state index in [-0.39, 0.29) is 17.8 Å². The van der Waals surface area contributed by atoms with Crippen molar-refractivity contribution in [2.75, 3.05) is 26.3 Å². The van der Waals surface area contributed by atoms with Gasteiger partial charge in [-0.1, -0.05) is 36.4 Å². The third kappa shape index (κ3) is 3.93. The molecular weight excluding hydrogens is 345 g/mol. The lowest BCUT2D eigenvalue weighted by Gasteiger charge is -2.33. The maximum atomic E-state index is 13.1. The van der Waals surface area contributed by atoms with Gasteiger partial charge in [0.15, 0.2) is 0 Å². The van der Waals surface area contributed by atoms with E-state index < -0.39 is 0 Å². The monoisotopic (exact) mass is 365 g/mol. The third-order valence-corrected chi connectivity index (χ3v) is 4.69. The first kappa shape index (κ1) is 17.5. The van der Waals surface area contributed by atoms with Gasteiger partial charge < -0.3 is 14.4 Å². The molecule has 1 aliphatic rings. The first-order valence-electron chi connectivity index (χ1n) is 8.98. The van der Waals surface area contributed by atoms with Gasteiger partial charge in [-0.2, -0.15) is 0 Å². The van der Waals surface area contributed by atoms with E-state index in [2.05, 4.69) is 0 Å². The van der Waals surface area contributed by atoms with E-state index in [1.54, 1.807) is 4.90 Å². The summed E-state index contributed by atoms with van der Waals surface area (Å²) in [5, 5.41) is 2.17. The fourth-order valence-corrected chi connectivity index (χ4v) is 3.28. The number of fused-ring (bicyclic) bond motifs is 1. The zero-order valence-electron chi connectivity index (χ0n) is 14.8. The largest absolute Gasteiger partial charge is 0.490 e. The smallest absolute Gasteiger partial charge is 0.254 e. The third-order valence-electron chi connectivity index (χ3n) is 4.69. The molecule has 0 bridgehead atoms. The van der Waals surface area contributed by atoms with Gasteiger partial charge in [0.25, 0.3) is 5.91 Å². The molecular formula is C22H20FNO3. The van der Waals surface area contributed by atoms with Gasteiger partial charge in [-0.25, -0.2) is 4.39 Å². The molecule has 1 fully saturated rings. The summed E-state index contributed by atoms with van der Waals surface area (Å²) in [6, 6.07) is 19.6. The van der Waals surface area contributed by atoms with Crippen molar-refractivity contribution >= 4 is 16.7 Å². The summed E-state index contributed by atoms with van der Waals surface area (Å²) in [6.45, 7) is 1.78. The van der Waals surface area contributed by atoms with Crippen molar-refractivity contribution in [3.05, 3.63) is 78.1 Å². The number of nitrogens with zero attached hydrogens (tertiary/aromatic N) is 1. The highest BCUT2D eigenvalue weighted by atomic mass is 19.1. The number of ether oxygens (including phenoxy) is 2. The maximum Gasteiger partial charge on any atom is 0.254 e. The van der Waals surface area contributed by atoms with E-state index in [9.17, 15) is 9.18 Å². The minimum Gasteiger partial charge on any atom is -0.490 e. The van der Waals surface area contributed by atoms with Crippen molar-refractivity contribution in [2.45, 2.75) is 6.10 Å². The van der Waals surface area contributed by atoms with Gasteiger partial charge in [0.2, 0.25) is 0 Å². The van der Waals surface area contributed by atoms with Crippen LogP contribution in [0.25, 0.3) is 10.8 Å². The molecule has 0 unspecified atom stereocenters. The Balaban J connectivity index is 1.41. The SMILES string of the molecule is O=C(c1ccc(F)cc1)N1CCO[C@@H](COc2cccc3ccccc23)C1. The van der Waals surface area contributed by atoms with Crippen LogP contribution < -0.4 is 4.74 Å². The summed E-state index contributed by atoms with van der Waals surface area (Å²) in [7, 11) is 0. The molecule has 0 aromatic heterocycles. The van der Waals surface area contributed by atoms with E-state index in [0.717, 1.165) is 16.5 Å². The van der Waals surface area contributed by atoms with Crippen LogP contribution in [0.2, 0.25) is 0 Å². The van der Waals surface area contributed by atoms with Gasteiger partial charge in [0, 0.05) is 17.5 Å². The lowest BCUT2D eigenvalue weighted by Crippen LogP contribution is -2.47. The molecule has 0 aliphatic carbocycles. The highest BCUT2D eigenvalue weighted by Crippen LogP contribution is 2.25. The predicted octanol–water partition coefficient (Wildman–Crippen LogP) is 3.90. The van der Waals surface area contributed by atoms with Crippen molar-refractivity contribution < 1.29 is 18.7 Å². The first-order chi connectivity index (χ1) is 13.2. The Hall–Kier alpha value is -2.92. The lowest BCUT2D eigenvalue weighted by atomic mass is 10.1. The molecule has 1 heterocycles. The molecule has 0 spiro atoms. The molecule has 27 heavy (non-hydrogen) atoms. The second kappa shape index (κ2) is 7.76. The molecule has 1 aliphatic heterocycles. The summed E-state index contributed by atoms with van der Waals surface area (Å²) in [4.78, 5) is 14.3. The standard InChI is InChI=1S/C22H20FNO3/c23-18-10-8-17(9-11-18)22(25)24-12-13-26-19(14-24)15-27-21-7-3-5-16-4-1-2-6-20(16)21/h1-11,19H,12-15H2/t19-/m1/s1. The number of halogens is 1. The van der Waals surface area contributed by atoms with Crippen LogP contribution in [0, 0.1) is 5.82 Å².